The Morgan fingerprint density at radius 2 is 1.74 bits per heavy atom. The molecule has 1 N–H and O–H groups in total. The number of alkyl halides is 4. The van der Waals surface area contributed by atoms with Crippen LogP contribution in [0.3, 0.4) is 0 Å². The number of hydrogen-bond donors (Lipinski definition) is 1. The Balaban J connectivity index is 2.43. The van der Waals surface area contributed by atoms with Gasteiger partial charge in [0.15, 0.2) is 0 Å². The molecule has 0 fully saturated rings. The van der Waals surface area contributed by atoms with Gasteiger partial charge in [-0.15, -0.1) is 0 Å². The number of nitrogens with one attached hydrogen (secondary N) is 1. The maximum absolute atomic E-state index is 12.3. The molecule has 0 bridgehead atoms. The molecule has 1 rings (SSSR count). The minimum Gasteiger partial charge on any atom is -0.326 e. The first-order valence-corrected chi connectivity index (χ1v) is 7.08. The summed E-state index contributed by atoms with van der Waals surface area (Å²) in [5.74, 6) is -0.172. The zero-order valence-corrected chi connectivity index (χ0v) is 11.9. The van der Waals surface area contributed by atoms with Crippen LogP contribution in [-0.4, -0.2) is 11.2 Å². The van der Waals surface area contributed by atoms with Crippen LogP contribution in [0, 0.1) is 0 Å². The summed E-state index contributed by atoms with van der Waals surface area (Å²) in [4.78, 5) is 11.5. The molecule has 0 aromatic heterocycles. The van der Waals surface area contributed by atoms with Gasteiger partial charge in [-0.1, -0.05) is 22.4 Å². The summed E-state index contributed by atoms with van der Waals surface area (Å²) in [6.07, 6.45) is -1.23. The summed E-state index contributed by atoms with van der Waals surface area (Å²) in [7, 11) is 0. The number of amides is 1. The molecule has 0 unspecified atom stereocenters. The summed E-state index contributed by atoms with van der Waals surface area (Å²) in [5.41, 5.74) is -0.332. The molecule has 19 heavy (non-hydrogen) atoms. The number of carbonyl (C=O) groups excluding carboxylic acids is 1. The molecule has 0 heterocycles. The Labute approximate surface area is 118 Å². The fourth-order valence-electron chi connectivity index (χ4n) is 1.52. The molecule has 1 aromatic carbocycles. The minimum atomic E-state index is -4.35. The number of unbranched alkanes of at least 4 members (excludes halogenated alkanes) is 2. The highest BCUT2D eigenvalue weighted by atomic mass is 79.9. The molecule has 0 aliphatic heterocycles. The van der Waals surface area contributed by atoms with E-state index >= 15 is 0 Å². The van der Waals surface area contributed by atoms with Crippen molar-refractivity contribution in [1.29, 1.82) is 0 Å². The Morgan fingerprint density at radius 1 is 1.11 bits per heavy atom. The van der Waals surface area contributed by atoms with Crippen LogP contribution in [0.2, 0.25) is 0 Å². The van der Waals surface area contributed by atoms with E-state index in [9.17, 15) is 18.0 Å². The first kappa shape index (κ1) is 16.0. The van der Waals surface area contributed by atoms with Crippen LogP contribution in [0.4, 0.5) is 18.9 Å². The smallest absolute Gasteiger partial charge is 0.326 e. The van der Waals surface area contributed by atoms with Gasteiger partial charge in [0.05, 0.1) is 5.56 Å². The third-order valence-electron chi connectivity index (χ3n) is 2.53. The van der Waals surface area contributed by atoms with Gasteiger partial charge in [0.2, 0.25) is 5.91 Å². The van der Waals surface area contributed by atoms with Gasteiger partial charge in [0, 0.05) is 17.4 Å². The molecule has 0 atom stereocenters. The van der Waals surface area contributed by atoms with Crippen molar-refractivity contribution in [1.82, 2.24) is 0 Å². The fraction of sp³-hybridized carbons (Fsp3) is 0.462. The lowest BCUT2D eigenvalue weighted by Gasteiger charge is -2.08. The quantitative estimate of drug-likeness (QED) is 0.596. The van der Waals surface area contributed by atoms with Crippen LogP contribution in [0.25, 0.3) is 0 Å². The normalized spacial score (nSPS) is 11.4. The Morgan fingerprint density at radius 3 is 2.26 bits per heavy atom. The lowest BCUT2D eigenvalue weighted by atomic mass is 10.2. The molecule has 0 saturated carbocycles. The van der Waals surface area contributed by atoms with Crippen molar-refractivity contribution >= 4 is 27.5 Å². The van der Waals surface area contributed by atoms with E-state index < -0.39 is 11.7 Å². The van der Waals surface area contributed by atoms with Crippen molar-refractivity contribution < 1.29 is 18.0 Å². The molecule has 6 heteroatoms. The van der Waals surface area contributed by atoms with Crippen molar-refractivity contribution in [3.8, 4) is 0 Å². The molecule has 2 nitrogen and oxygen atoms in total. The van der Waals surface area contributed by atoms with E-state index in [-0.39, 0.29) is 5.91 Å². The van der Waals surface area contributed by atoms with Gasteiger partial charge < -0.3 is 5.32 Å². The highest BCUT2D eigenvalue weighted by molar-refractivity contribution is 9.09. The Kier molecular flexibility index (Phi) is 6.34. The van der Waals surface area contributed by atoms with E-state index in [1.54, 1.807) is 0 Å². The molecular formula is C13H15BrF3NO. The first-order valence-electron chi connectivity index (χ1n) is 5.96. The summed E-state index contributed by atoms with van der Waals surface area (Å²) < 4.78 is 37.0. The Bertz CT molecular complexity index is 403. The largest absolute Gasteiger partial charge is 0.416 e. The van der Waals surface area contributed by atoms with E-state index in [1.807, 2.05) is 0 Å². The van der Waals surface area contributed by atoms with E-state index in [0.29, 0.717) is 12.1 Å². The fourth-order valence-corrected chi connectivity index (χ4v) is 1.92. The third kappa shape index (κ3) is 6.09. The zero-order valence-electron chi connectivity index (χ0n) is 10.3. The second kappa shape index (κ2) is 7.53. The van der Waals surface area contributed by atoms with Crippen LogP contribution < -0.4 is 5.32 Å². The number of anilines is 1. The molecule has 0 saturated heterocycles. The van der Waals surface area contributed by atoms with E-state index in [2.05, 4.69) is 21.2 Å². The molecule has 1 amide bonds. The van der Waals surface area contributed by atoms with Crippen LogP contribution in [0.1, 0.15) is 31.2 Å². The SMILES string of the molecule is O=C(CCCCCBr)Nc1ccc(C(F)(F)F)cc1. The maximum atomic E-state index is 12.3. The minimum absolute atomic E-state index is 0.172. The number of rotatable bonds is 6. The standard InChI is InChI=1S/C13H15BrF3NO/c14-9-3-1-2-4-12(19)18-11-7-5-10(6-8-11)13(15,16)17/h5-8H,1-4,9H2,(H,18,19). The molecule has 106 valence electrons. The van der Waals surface area contributed by atoms with Gasteiger partial charge in [-0.25, -0.2) is 0 Å². The monoisotopic (exact) mass is 337 g/mol. The summed E-state index contributed by atoms with van der Waals surface area (Å²) in [6.45, 7) is 0. The van der Waals surface area contributed by atoms with E-state index in [0.717, 1.165) is 36.7 Å². The van der Waals surface area contributed by atoms with Gasteiger partial charge in [-0.2, -0.15) is 13.2 Å². The van der Waals surface area contributed by atoms with Crippen molar-refractivity contribution in [2.24, 2.45) is 0 Å². The van der Waals surface area contributed by atoms with Gasteiger partial charge in [0.25, 0.3) is 0 Å². The molecule has 0 spiro atoms. The molecule has 0 aliphatic carbocycles. The lowest BCUT2D eigenvalue weighted by Crippen LogP contribution is -2.11. The highest BCUT2D eigenvalue weighted by Crippen LogP contribution is 2.29. The van der Waals surface area contributed by atoms with E-state index in [1.165, 1.54) is 12.1 Å². The van der Waals surface area contributed by atoms with Crippen LogP contribution >= 0.6 is 15.9 Å². The average molecular weight is 338 g/mol. The van der Waals surface area contributed by atoms with Gasteiger partial charge in [-0.05, 0) is 37.1 Å². The highest BCUT2D eigenvalue weighted by Gasteiger charge is 2.29. The van der Waals surface area contributed by atoms with Crippen LogP contribution in [0.15, 0.2) is 24.3 Å². The van der Waals surface area contributed by atoms with Gasteiger partial charge in [-0.3, -0.25) is 4.79 Å². The molecule has 1 aromatic rings. The van der Waals surface area contributed by atoms with Gasteiger partial charge >= 0.3 is 6.18 Å². The molecule has 0 radical (unpaired) electrons. The molecular weight excluding hydrogens is 323 g/mol. The van der Waals surface area contributed by atoms with Crippen molar-refractivity contribution in [2.75, 3.05) is 10.6 Å². The van der Waals surface area contributed by atoms with Crippen molar-refractivity contribution in [2.45, 2.75) is 31.9 Å². The predicted molar refractivity (Wildman–Crippen MR) is 72.3 cm³/mol. The number of carbonyl (C=O) groups is 1. The summed E-state index contributed by atoms with van der Waals surface area (Å²) in [5, 5.41) is 3.49. The van der Waals surface area contributed by atoms with Crippen LogP contribution in [-0.2, 0) is 11.0 Å². The summed E-state index contributed by atoms with van der Waals surface area (Å²) in [6, 6.07) is 4.44. The first-order chi connectivity index (χ1) is 8.93. The van der Waals surface area contributed by atoms with Crippen molar-refractivity contribution in [3.05, 3.63) is 29.8 Å². The maximum Gasteiger partial charge on any atom is 0.416 e. The number of benzene rings is 1. The number of halogens is 4. The van der Waals surface area contributed by atoms with Gasteiger partial charge in [0.1, 0.15) is 0 Å². The second-order valence-corrected chi connectivity index (χ2v) is 4.92. The average Bonchev–Trinajstić information content (AvgIpc) is 2.34. The summed E-state index contributed by atoms with van der Waals surface area (Å²) >= 11 is 3.30. The van der Waals surface area contributed by atoms with Crippen LogP contribution in [0.5, 0.6) is 0 Å². The third-order valence-corrected chi connectivity index (χ3v) is 3.09. The zero-order chi connectivity index (χ0) is 14.3. The molecule has 0 aliphatic rings. The lowest BCUT2D eigenvalue weighted by molar-refractivity contribution is -0.137. The predicted octanol–water partition coefficient (Wildman–Crippen LogP) is 4.60. The van der Waals surface area contributed by atoms with Crippen molar-refractivity contribution in [3.63, 3.8) is 0 Å². The topological polar surface area (TPSA) is 29.1 Å². The van der Waals surface area contributed by atoms with E-state index in [4.69, 9.17) is 0 Å². The Hall–Kier alpha value is -1.04. The number of hydrogen-bond acceptors (Lipinski definition) is 1. The second-order valence-electron chi connectivity index (χ2n) is 4.12.